The maximum atomic E-state index is 11.7. The average Bonchev–Trinajstić information content (AvgIpc) is 1.99. The zero-order valence-corrected chi connectivity index (χ0v) is 10.2. The van der Waals surface area contributed by atoms with Gasteiger partial charge in [-0.25, -0.2) is 4.79 Å². The Morgan fingerprint density at radius 3 is 2.13 bits per heavy atom. The minimum absolute atomic E-state index is 0.0710. The molecule has 0 spiro atoms. The lowest BCUT2D eigenvalue weighted by atomic mass is 10.3. The largest absolute Gasteiger partial charge is 0.480 e. The molecule has 1 amide bonds. The van der Waals surface area contributed by atoms with Crippen LogP contribution in [0.5, 0.6) is 0 Å². The molecule has 0 heterocycles. The van der Waals surface area contributed by atoms with Crippen LogP contribution in [0.4, 0.5) is 0 Å². The molecule has 0 aromatic heterocycles. The van der Waals surface area contributed by atoms with E-state index in [0.29, 0.717) is 0 Å². The molecular formula is C9H17NO4S. The quantitative estimate of drug-likeness (QED) is 0.725. The minimum Gasteiger partial charge on any atom is -0.480 e. The lowest BCUT2D eigenvalue weighted by molar-refractivity contribution is -0.140. The third-order valence-corrected chi connectivity index (χ3v) is 3.68. The predicted molar refractivity (Wildman–Crippen MR) is 58.0 cm³/mol. The summed E-state index contributed by atoms with van der Waals surface area (Å²) in [4.78, 5) is 21.5. The van der Waals surface area contributed by atoms with Crippen LogP contribution in [0.15, 0.2) is 0 Å². The Bertz CT molecular complexity index is 282. The smallest absolute Gasteiger partial charge is 0.327 e. The molecule has 2 N–H and O–H groups in total. The lowest BCUT2D eigenvalue weighted by Gasteiger charge is -2.21. The molecule has 0 bridgehead atoms. The van der Waals surface area contributed by atoms with Gasteiger partial charge in [-0.2, -0.15) is 0 Å². The molecule has 0 saturated carbocycles. The van der Waals surface area contributed by atoms with Gasteiger partial charge >= 0.3 is 5.97 Å². The molecule has 2 atom stereocenters. The Morgan fingerprint density at radius 2 is 1.87 bits per heavy atom. The molecule has 0 aliphatic carbocycles. The average molecular weight is 235 g/mol. The van der Waals surface area contributed by atoms with Crippen molar-refractivity contribution in [3.8, 4) is 0 Å². The molecule has 0 aliphatic heterocycles. The number of nitrogens with one attached hydrogen (secondary N) is 1. The summed E-state index contributed by atoms with van der Waals surface area (Å²) in [5, 5.41) is 11.0. The Labute approximate surface area is 91.7 Å². The second-order valence-corrected chi connectivity index (χ2v) is 6.47. The highest BCUT2D eigenvalue weighted by Gasteiger charge is 2.27. The van der Waals surface area contributed by atoms with Gasteiger partial charge in [-0.05, 0) is 20.8 Å². The van der Waals surface area contributed by atoms with Crippen molar-refractivity contribution in [1.29, 1.82) is 0 Å². The molecule has 0 rings (SSSR count). The van der Waals surface area contributed by atoms with Gasteiger partial charge in [0.05, 0.1) is 5.75 Å². The van der Waals surface area contributed by atoms with Gasteiger partial charge in [0.1, 0.15) is 6.04 Å². The highest BCUT2D eigenvalue weighted by Crippen LogP contribution is 2.12. The van der Waals surface area contributed by atoms with Crippen LogP contribution in [0.25, 0.3) is 0 Å². The topological polar surface area (TPSA) is 83.5 Å². The van der Waals surface area contributed by atoms with E-state index in [1.54, 1.807) is 20.8 Å². The zero-order valence-electron chi connectivity index (χ0n) is 9.36. The first kappa shape index (κ1) is 14.1. The molecule has 0 saturated heterocycles. The van der Waals surface area contributed by atoms with Crippen LogP contribution in [0.3, 0.4) is 0 Å². The van der Waals surface area contributed by atoms with E-state index < -0.39 is 33.5 Å². The maximum Gasteiger partial charge on any atom is 0.327 e. The van der Waals surface area contributed by atoms with Crippen LogP contribution in [0.2, 0.25) is 0 Å². The monoisotopic (exact) mass is 235 g/mol. The fraction of sp³-hybridized carbons (Fsp3) is 0.778. The third kappa shape index (κ3) is 5.51. The van der Waals surface area contributed by atoms with E-state index in [4.69, 9.17) is 5.11 Å². The Balaban J connectivity index is 4.50. The Morgan fingerprint density at radius 1 is 1.40 bits per heavy atom. The third-order valence-electron chi connectivity index (χ3n) is 1.68. The van der Waals surface area contributed by atoms with Gasteiger partial charge in [-0.3, -0.25) is 9.00 Å². The lowest BCUT2D eigenvalue weighted by Crippen LogP contribution is -2.45. The number of amides is 1. The summed E-state index contributed by atoms with van der Waals surface area (Å²) in [5.74, 6) is -1.67. The summed E-state index contributed by atoms with van der Waals surface area (Å²) in [7, 11) is -1.30. The normalized spacial score (nSPS) is 15.5. The standard InChI is InChI=1S/C9H17NO4S/c1-6(11)10-7(8(12)13)5-15(14)9(2,3)4/h7H,5H2,1-4H3,(H,10,11)(H,12,13)/t7-,15?/m0/s1. The number of carboxylic acids is 1. The van der Waals surface area contributed by atoms with Crippen molar-refractivity contribution in [3.05, 3.63) is 0 Å². The fourth-order valence-electron chi connectivity index (χ4n) is 0.821. The maximum absolute atomic E-state index is 11.7. The summed E-state index contributed by atoms with van der Waals surface area (Å²) in [6.07, 6.45) is 0. The molecule has 0 radical (unpaired) electrons. The van der Waals surface area contributed by atoms with Crippen LogP contribution in [-0.2, 0) is 20.4 Å². The van der Waals surface area contributed by atoms with Crippen molar-refractivity contribution in [2.75, 3.05) is 5.75 Å². The van der Waals surface area contributed by atoms with Gasteiger partial charge in [0.2, 0.25) is 5.91 Å². The van der Waals surface area contributed by atoms with Gasteiger partial charge in [-0.15, -0.1) is 0 Å². The number of aliphatic carboxylic acids is 1. The van der Waals surface area contributed by atoms with Crippen molar-refractivity contribution in [2.45, 2.75) is 38.5 Å². The van der Waals surface area contributed by atoms with E-state index in [1.165, 1.54) is 6.92 Å². The predicted octanol–water partition coefficient (Wildman–Crippen LogP) is 0.123. The molecule has 5 nitrogen and oxygen atoms in total. The first-order valence-corrected chi connectivity index (χ1v) is 5.85. The van der Waals surface area contributed by atoms with E-state index in [1.807, 2.05) is 0 Å². The molecular weight excluding hydrogens is 218 g/mol. The molecule has 6 heteroatoms. The molecule has 0 aliphatic rings. The van der Waals surface area contributed by atoms with Crippen molar-refractivity contribution < 1.29 is 18.9 Å². The van der Waals surface area contributed by atoms with E-state index in [2.05, 4.69) is 5.32 Å². The number of hydrogen-bond donors (Lipinski definition) is 2. The molecule has 88 valence electrons. The minimum atomic E-state index is -1.30. The van der Waals surface area contributed by atoms with Crippen LogP contribution < -0.4 is 5.32 Å². The highest BCUT2D eigenvalue weighted by molar-refractivity contribution is 7.86. The summed E-state index contributed by atoms with van der Waals surface area (Å²) in [6.45, 7) is 6.51. The van der Waals surface area contributed by atoms with E-state index in [9.17, 15) is 13.8 Å². The summed E-state index contributed by atoms with van der Waals surface area (Å²) < 4.78 is 11.2. The van der Waals surface area contributed by atoms with E-state index >= 15 is 0 Å². The molecule has 15 heavy (non-hydrogen) atoms. The highest BCUT2D eigenvalue weighted by atomic mass is 32.2. The molecule has 1 unspecified atom stereocenters. The second kappa shape index (κ2) is 5.25. The number of hydrogen-bond acceptors (Lipinski definition) is 3. The van der Waals surface area contributed by atoms with Gasteiger partial charge in [-0.1, -0.05) is 0 Å². The van der Waals surface area contributed by atoms with Gasteiger partial charge in [0.15, 0.2) is 0 Å². The number of carbonyl (C=O) groups is 2. The van der Waals surface area contributed by atoms with Crippen molar-refractivity contribution in [1.82, 2.24) is 5.32 Å². The summed E-state index contributed by atoms with van der Waals surface area (Å²) in [6, 6.07) is -1.08. The van der Waals surface area contributed by atoms with Crippen molar-refractivity contribution in [2.24, 2.45) is 0 Å². The molecule has 0 aromatic rings. The number of carbonyl (C=O) groups excluding carboxylic acids is 1. The van der Waals surface area contributed by atoms with E-state index in [0.717, 1.165) is 0 Å². The van der Waals surface area contributed by atoms with Gasteiger partial charge in [0.25, 0.3) is 0 Å². The Kier molecular flexibility index (Phi) is 4.93. The van der Waals surface area contributed by atoms with Crippen molar-refractivity contribution in [3.63, 3.8) is 0 Å². The summed E-state index contributed by atoms with van der Waals surface area (Å²) in [5.41, 5.74) is 0. The van der Waals surface area contributed by atoms with Crippen LogP contribution >= 0.6 is 0 Å². The SMILES string of the molecule is CC(=O)N[C@@H](CS(=O)C(C)(C)C)C(=O)O. The fourth-order valence-corrected chi connectivity index (χ4v) is 1.85. The zero-order chi connectivity index (χ0) is 12.2. The second-order valence-electron chi connectivity index (χ2n) is 4.22. The van der Waals surface area contributed by atoms with E-state index in [-0.39, 0.29) is 5.75 Å². The number of rotatable bonds is 4. The van der Waals surface area contributed by atoms with Crippen LogP contribution in [0.1, 0.15) is 27.7 Å². The first-order chi connectivity index (χ1) is 6.64. The van der Waals surface area contributed by atoms with Crippen LogP contribution in [-0.4, -0.2) is 37.7 Å². The Hall–Kier alpha value is -0.910. The van der Waals surface area contributed by atoms with Gasteiger partial charge < -0.3 is 10.4 Å². The number of carboxylic acid groups (broad SMARTS) is 1. The molecule has 0 fully saturated rings. The first-order valence-electron chi connectivity index (χ1n) is 4.53. The van der Waals surface area contributed by atoms with Crippen LogP contribution in [0, 0.1) is 0 Å². The summed E-state index contributed by atoms with van der Waals surface area (Å²) >= 11 is 0. The molecule has 0 aromatic carbocycles. The van der Waals surface area contributed by atoms with Crippen molar-refractivity contribution >= 4 is 22.7 Å². The van der Waals surface area contributed by atoms with Gasteiger partial charge in [0, 0.05) is 22.5 Å².